The van der Waals surface area contributed by atoms with Crippen LogP contribution in [0.4, 0.5) is 13.2 Å². The molecule has 138 valence electrons. The molecule has 0 bridgehead atoms. The van der Waals surface area contributed by atoms with E-state index in [9.17, 15) is 18.0 Å². The number of amides is 1. The normalized spacial score (nSPS) is 35.1. The summed E-state index contributed by atoms with van der Waals surface area (Å²) in [5.41, 5.74) is -0.566. The Morgan fingerprint density at radius 1 is 1.20 bits per heavy atom. The van der Waals surface area contributed by atoms with Crippen molar-refractivity contribution in [1.29, 1.82) is 0 Å². The fourth-order valence-electron chi connectivity index (χ4n) is 4.52. The summed E-state index contributed by atoms with van der Waals surface area (Å²) in [6.45, 7) is 5.53. The van der Waals surface area contributed by atoms with Crippen LogP contribution in [0.5, 0.6) is 0 Å². The number of carbonyl (C=O) groups excluding carboxylic acids is 1. The summed E-state index contributed by atoms with van der Waals surface area (Å²) < 4.78 is 47.3. The van der Waals surface area contributed by atoms with Crippen molar-refractivity contribution in [3.8, 4) is 0 Å². The second-order valence-corrected chi connectivity index (χ2v) is 7.78. The van der Waals surface area contributed by atoms with E-state index in [1.165, 1.54) is 6.92 Å². The number of fused-ring (bicyclic) bond motifs is 1. The molecule has 1 aromatic carbocycles. The molecule has 1 heterocycles. The Balaban J connectivity index is 1.96. The number of carbonyl (C=O) groups is 1. The van der Waals surface area contributed by atoms with Gasteiger partial charge in [0.25, 0.3) is 0 Å². The van der Waals surface area contributed by atoms with E-state index in [4.69, 9.17) is 4.74 Å². The van der Waals surface area contributed by atoms with E-state index < -0.39 is 29.1 Å². The van der Waals surface area contributed by atoms with Crippen molar-refractivity contribution in [3.05, 3.63) is 35.1 Å². The van der Waals surface area contributed by atoms with E-state index in [0.29, 0.717) is 18.4 Å². The lowest BCUT2D eigenvalue weighted by molar-refractivity contribution is -0.153. The molecule has 0 spiro atoms. The average molecular weight is 355 g/mol. The minimum absolute atomic E-state index is 0.00662. The molecule has 0 unspecified atom stereocenters. The molecule has 3 nitrogen and oxygen atoms in total. The van der Waals surface area contributed by atoms with Crippen LogP contribution in [0.2, 0.25) is 0 Å². The summed E-state index contributed by atoms with van der Waals surface area (Å²) in [4.78, 5) is 11.7. The van der Waals surface area contributed by atoms with Gasteiger partial charge in [-0.3, -0.25) is 4.79 Å². The first-order valence-electron chi connectivity index (χ1n) is 8.78. The molecular weight excluding hydrogens is 331 g/mol. The minimum Gasteiger partial charge on any atom is -0.370 e. The molecule has 0 radical (unpaired) electrons. The molecule has 1 saturated heterocycles. The zero-order valence-corrected chi connectivity index (χ0v) is 14.7. The number of rotatable bonds is 2. The second kappa shape index (κ2) is 6.63. The first-order chi connectivity index (χ1) is 11.7. The average Bonchev–Trinajstić information content (AvgIpc) is 2.49. The number of hydrogen-bond donors (Lipinski definition) is 1. The molecule has 25 heavy (non-hydrogen) atoms. The van der Waals surface area contributed by atoms with Crippen LogP contribution >= 0.6 is 0 Å². The van der Waals surface area contributed by atoms with Crippen molar-refractivity contribution >= 4 is 5.91 Å². The molecule has 0 aromatic heterocycles. The highest BCUT2D eigenvalue weighted by Crippen LogP contribution is 2.48. The van der Waals surface area contributed by atoms with E-state index >= 15 is 0 Å². The Morgan fingerprint density at radius 3 is 2.56 bits per heavy atom. The summed E-state index contributed by atoms with van der Waals surface area (Å²) in [7, 11) is 0. The monoisotopic (exact) mass is 355 g/mol. The highest BCUT2D eigenvalue weighted by molar-refractivity contribution is 5.73. The Hall–Kier alpha value is -1.56. The van der Waals surface area contributed by atoms with Crippen LogP contribution in [-0.4, -0.2) is 17.6 Å². The number of ether oxygens (including phenoxy) is 1. The molecule has 1 amide bonds. The highest BCUT2D eigenvalue weighted by Gasteiger charge is 2.49. The Morgan fingerprint density at radius 2 is 1.88 bits per heavy atom. The summed E-state index contributed by atoms with van der Waals surface area (Å²) >= 11 is 0. The van der Waals surface area contributed by atoms with Gasteiger partial charge in [0.05, 0.1) is 12.2 Å². The highest BCUT2D eigenvalue weighted by atomic mass is 19.2. The summed E-state index contributed by atoms with van der Waals surface area (Å²) in [6.07, 6.45) is 2.22. The van der Waals surface area contributed by atoms with Crippen LogP contribution < -0.4 is 5.32 Å². The zero-order chi connectivity index (χ0) is 18.4. The van der Waals surface area contributed by atoms with E-state index in [-0.39, 0.29) is 23.5 Å². The van der Waals surface area contributed by atoms with Gasteiger partial charge in [0, 0.05) is 36.4 Å². The molecule has 3 rings (SSSR count). The van der Waals surface area contributed by atoms with Crippen LogP contribution in [0.3, 0.4) is 0 Å². The maximum absolute atomic E-state index is 14.3. The van der Waals surface area contributed by atoms with Gasteiger partial charge >= 0.3 is 0 Å². The molecule has 1 aromatic rings. The van der Waals surface area contributed by atoms with Crippen molar-refractivity contribution in [2.24, 2.45) is 11.8 Å². The van der Waals surface area contributed by atoms with Crippen LogP contribution in [-0.2, 0) is 9.53 Å². The number of halogens is 3. The number of benzene rings is 1. The summed E-state index contributed by atoms with van der Waals surface area (Å²) in [6, 6.07) is 1.43. The fourth-order valence-corrected chi connectivity index (χ4v) is 4.52. The maximum atomic E-state index is 14.3. The lowest BCUT2D eigenvalue weighted by atomic mass is 9.66. The number of hydrogen-bond acceptors (Lipinski definition) is 2. The molecule has 1 aliphatic carbocycles. The topological polar surface area (TPSA) is 38.3 Å². The minimum atomic E-state index is -1.22. The molecule has 2 fully saturated rings. The largest absolute Gasteiger partial charge is 0.370 e. The number of nitrogens with one attached hydrogen (secondary N) is 1. The van der Waals surface area contributed by atoms with Gasteiger partial charge in [-0.15, -0.1) is 0 Å². The standard InChI is InChI=1S/C19H24F3NO2/c1-10-4-5-13-17(6-10)25-18(9-19(13,3)23-11(2)24)12-7-15(21)16(22)8-14(12)20/h7-8,10,13,17-18H,4-6,9H2,1-3H3,(H,23,24)/t10-,13-,17-,18-,19+/m1/s1. The molecule has 1 aliphatic heterocycles. The predicted octanol–water partition coefficient (Wildman–Crippen LogP) is 4.26. The molecule has 2 aliphatic rings. The summed E-state index contributed by atoms with van der Waals surface area (Å²) in [5, 5.41) is 3.01. The lowest BCUT2D eigenvalue weighted by Gasteiger charge is -2.52. The SMILES string of the molecule is CC(=O)N[C@@]1(C)C[C@H](c2cc(F)c(F)cc2F)O[C@@H]2C[C@H](C)CC[C@H]21. The predicted molar refractivity (Wildman–Crippen MR) is 87.3 cm³/mol. The first-order valence-corrected chi connectivity index (χ1v) is 8.78. The van der Waals surface area contributed by atoms with E-state index in [1.807, 2.05) is 6.92 Å². The van der Waals surface area contributed by atoms with Crippen LogP contribution in [0.15, 0.2) is 12.1 Å². The molecule has 6 heteroatoms. The molecule has 1 N–H and O–H groups in total. The van der Waals surface area contributed by atoms with Gasteiger partial charge in [-0.05, 0) is 31.7 Å². The second-order valence-electron chi connectivity index (χ2n) is 7.78. The van der Waals surface area contributed by atoms with Crippen molar-refractivity contribution in [1.82, 2.24) is 5.32 Å². The van der Waals surface area contributed by atoms with Gasteiger partial charge in [-0.25, -0.2) is 13.2 Å². The quantitative estimate of drug-likeness (QED) is 0.805. The lowest BCUT2D eigenvalue weighted by Crippen LogP contribution is -2.60. The van der Waals surface area contributed by atoms with Gasteiger partial charge < -0.3 is 10.1 Å². The summed E-state index contributed by atoms with van der Waals surface area (Å²) in [5.74, 6) is -2.71. The van der Waals surface area contributed by atoms with E-state index in [2.05, 4.69) is 12.2 Å². The third-order valence-corrected chi connectivity index (χ3v) is 5.67. The van der Waals surface area contributed by atoms with E-state index in [0.717, 1.165) is 25.3 Å². The zero-order valence-electron chi connectivity index (χ0n) is 14.7. The van der Waals surface area contributed by atoms with Crippen molar-refractivity contribution in [2.45, 2.75) is 64.2 Å². The Bertz CT molecular complexity index is 681. The van der Waals surface area contributed by atoms with Crippen molar-refractivity contribution in [2.75, 3.05) is 0 Å². The third-order valence-electron chi connectivity index (χ3n) is 5.67. The van der Waals surface area contributed by atoms with Gasteiger partial charge in [0.15, 0.2) is 11.6 Å². The maximum Gasteiger partial charge on any atom is 0.217 e. The van der Waals surface area contributed by atoms with Gasteiger partial charge in [0.2, 0.25) is 5.91 Å². The third kappa shape index (κ3) is 3.54. The van der Waals surface area contributed by atoms with Gasteiger partial charge in [-0.1, -0.05) is 13.3 Å². The Labute approximate surface area is 145 Å². The van der Waals surface area contributed by atoms with Crippen molar-refractivity contribution < 1.29 is 22.7 Å². The van der Waals surface area contributed by atoms with Gasteiger partial charge in [-0.2, -0.15) is 0 Å². The fraction of sp³-hybridized carbons (Fsp3) is 0.632. The van der Waals surface area contributed by atoms with Crippen LogP contribution in [0, 0.1) is 29.3 Å². The van der Waals surface area contributed by atoms with E-state index in [1.54, 1.807) is 0 Å². The van der Waals surface area contributed by atoms with Gasteiger partial charge in [0.1, 0.15) is 5.82 Å². The van der Waals surface area contributed by atoms with Crippen molar-refractivity contribution in [3.63, 3.8) is 0 Å². The molecule has 5 atom stereocenters. The Kier molecular flexibility index (Phi) is 4.84. The first kappa shape index (κ1) is 18.2. The van der Waals surface area contributed by atoms with Crippen LogP contribution in [0.1, 0.15) is 58.1 Å². The molecular formula is C19H24F3NO2. The molecule has 1 saturated carbocycles. The van der Waals surface area contributed by atoms with Crippen LogP contribution in [0.25, 0.3) is 0 Å². The smallest absolute Gasteiger partial charge is 0.217 e.